The number of ketones is 2. The minimum Gasteiger partial charge on any atom is -0.481 e. The molecule has 3 atom stereocenters. The molecule has 396 valence electrons. The molecule has 0 saturated heterocycles. The fourth-order valence-corrected chi connectivity index (χ4v) is 6.71. The lowest BCUT2D eigenvalue weighted by Gasteiger charge is -2.17. The van der Waals surface area contributed by atoms with Crippen LogP contribution in [0.3, 0.4) is 0 Å². The van der Waals surface area contributed by atoms with Crippen LogP contribution in [0.1, 0.15) is 161 Å². The van der Waals surface area contributed by atoms with Crippen molar-refractivity contribution in [1.29, 1.82) is 0 Å². The number of unbranched alkanes of at least 4 members (excludes halogenated alkanes) is 13. The number of hydrogen-bond donors (Lipinski definition) is 8. The predicted molar refractivity (Wildman–Crippen MR) is 249 cm³/mol. The highest BCUT2D eigenvalue weighted by atomic mass is 16.5. The Morgan fingerprint density at radius 1 is 0.377 bits per heavy atom. The van der Waals surface area contributed by atoms with Crippen LogP contribution in [0.4, 0.5) is 0 Å². The van der Waals surface area contributed by atoms with Gasteiger partial charge in [-0.25, -0.2) is 14.4 Å². The summed E-state index contributed by atoms with van der Waals surface area (Å²) in [6.45, 7) is 1.80. The second-order valence-corrected chi connectivity index (χ2v) is 16.9. The highest BCUT2D eigenvalue weighted by Gasteiger charge is 2.25. The lowest BCUT2D eigenvalue weighted by Crippen LogP contribution is -2.44. The van der Waals surface area contributed by atoms with Crippen LogP contribution < -0.4 is 21.3 Å². The van der Waals surface area contributed by atoms with Gasteiger partial charge in [-0.2, -0.15) is 0 Å². The van der Waals surface area contributed by atoms with Gasteiger partial charge in [0.2, 0.25) is 23.6 Å². The van der Waals surface area contributed by atoms with Crippen LogP contribution >= 0.6 is 0 Å². The first-order valence-corrected chi connectivity index (χ1v) is 24.4. The Morgan fingerprint density at radius 2 is 0.768 bits per heavy atom. The van der Waals surface area contributed by atoms with Gasteiger partial charge in [-0.3, -0.25) is 28.8 Å². The average molecular weight is 989 g/mol. The van der Waals surface area contributed by atoms with Crippen molar-refractivity contribution < 1.29 is 87.3 Å². The Morgan fingerprint density at radius 3 is 1.25 bits per heavy atom. The van der Waals surface area contributed by atoms with Gasteiger partial charge in [0, 0.05) is 51.7 Å². The van der Waals surface area contributed by atoms with Crippen molar-refractivity contribution in [3.63, 3.8) is 0 Å². The van der Waals surface area contributed by atoms with Crippen LogP contribution in [0, 0.1) is 0 Å². The maximum absolute atomic E-state index is 12.5. The maximum atomic E-state index is 12.5. The van der Waals surface area contributed by atoms with E-state index in [4.69, 9.17) is 29.2 Å². The van der Waals surface area contributed by atoms with Crippen molar-refractivity contribution in [2.45, 2.75) is 179 Å². The van der Waals surface area contributed by atoms with E-state index in [1.165, 1.54) is 32.6 Å². The summed E-state index contributed by atoms with van der Waals surface area (Å²) in [6.07, 6.45) is 14.4. The van der Waals surface area contributed by atoms with E-state index in [2.05, 4.69) is 21.3 Å². The van der Waals surface area contributed by atoms with Gasteiger partial charge < -0.3 is 65.4 Å². The first kappa shape index (κ1) is 63.9. The molecule has 0 heterocycles. The molecule has 0 unspecified atom stereocenters. The molecule has 0 aliphatic carbocycles. The van der Waals surface area contributed by atoms with Gasteiger partial charge in [-0.05, 0) is 45.4 Å². The number of carboxylic acid groups (broad SMARTS) is 4. The molecule has 0 aromatic heterocycles. The largest absolute Gasteiger partial charge is 0.481 e. The molecular formula is C47H80N4O18. The molecule has 0 aromatic rings. The minimum absolute atomic E-state index is 0.0168. The zero-order valence-electron chi connectivity index (χ0n) is 40.6. The van der Waals surface area contributed by atoms with E-state index in [1.807, 2.05) is 0 Å². The van der Waals surface area contributed by atoms with Crippen molar-refractivity contribution in [2.75, 3.05) is 59.4 Å². The summed E-state index contributed by atoms with van der Waals surface area (Å²) in [7, 11) is 0. The fourth-order valence-electron chi connectivity index (χ4n) is 6.71. The molecule has 4 amide bonds. The van der Waals surface area contributed by atoms with Crippen LogP contribution in [0.15, 0.2) is 0 Å². The lowest BCUT2D eigenvalue weighted by atomic mass is 10.0. The highest BCUT2D eigenvalue weighted by molar-refractivity contribution is 5.87. The van der Waals surface area contributed by atoms with Crippen molar-refractivity contribution in [3.8, 4) is 0 Å². The van der Waals surface area contributed by atoms with Crippen molar-refractivity contribution in [2.24, 2.45) is 0 Å². The van der Waals surface area contributed by atoms with Crippen molar-refractivity contribution >= 4 is 59.1 Å². The minimum atomic E-state index is -1.40. The molecule has 0 bridgehead atoms. The number of hydrogen-bond acceptors (Lipinski definition) is 14. The zero-order chi connectivity index (χ0) is 51.5. The Kier molecular flexibility index (Phi) is 39.8. The third-order valence-corrected chi connectivity index (χ3v) is 10.6. The van der Waals surface area contributed by atoms with Gasteiger partial charge in [0.15, 0.2) is 5.78 Å². The Balaban J connectivity index is 3.98. The molecule has 0 rings (SSSR count). The number of carboxylic acids is 4. The van der Waals surface area contributed by atoms with Gasteiger partial charge in [-0.15, -0.1) is 0 Å². The molecule has 69 heavy (non-hydrogen) atoms. The second kappa shape index (κ2) is 43.0. The molecule has 0 aliphatic rings. The molecule has 0 aliphatic heterocycles. The summed E-state index contributed by atoms with van der Waals surface area (Å²) in [5.74, 6) is -7.29. The molecular weight excluding hydrogens is 909 g/mol. The number of amides is 4. The molecule has 0 spiro atoms. The topological polar surface area (TPSA) is 337 Å². The fraction of sp³-hybridized carbons (Fsp3) is 0.787. The van der Waals surface area contributed by atoms with E-state index in [0.717, 1.165) is 57.8 Å². The summed E-state index contributed by atoms with van der Waals surface area (Å²) < 4.78 is 21.2. The summed E-state index contributed by atoms with van der Waals surface area (Å²) in [4.78, 5) is 117. The quantitative estimate of drug-likeness (QED) is 0.0405. The van der Waals surface area contributed by atoms with Crippen LogP contribution in [-0.2, 0) is 66.9 Å². The number of rotatable bonds is 49. The average Bonchev–Trinajstić information content (AvgIpc) is 3.28. The standard InChI is InChI=1S/C47H80N4O18/c1-35(52)20-21-37(45(60)61)51-43(57)34-69-32-29-66-27-16-17-36(53)33-68-31-30-67-28-26-48-40(54)24-22-38(46(62)63)50-42(56)25-23-39(47(64)65)49-41(55)18-14-12-10-8-6-4-2-3-5-7-9-11-13-15-19-44(58)59/h37-39H,2-34H2,1H3,(H,48,54)(H,49,55)(H,50,56)(H,51,57)(H,58,59)(H,60,61)(H,62,63)(H,64,65)/t37-,38-,39-/m0/s1. The molecule has 0 aromatic carbocycles. The number of nitrogens with one attached hydrogen (secondary N) is 4. The van der Waals surface area contributed by atoms with Crippen LogP contribution in [0.2, 0.25) is 0 Å². The number of ether oxygens (including phenoxy) is 4. The van der Waals surface area contributed by atoms with Gasteiger partial charge >= 0.3 is 23.9 Å². The number of carbonyl (C=O) groups excluding carboxylic acids is 6. The number of aliphatic carboxylic acids is 4. The summed E-state index contributed by atoms with van der Waals surface area (Å²) >= 11 is 0. The maximum Gasteiger partial charge on any atom is 0.326 e. The molecule has 22 nitrogen and oxygen atoms in total. The van der Waals surface area contributed by atoms with E-state index in [0.29, 0.717) is 12.8 Å². The molecule has 0 saturated carbocycles. The number of Topliss-reactive ketones (excluding diaryl/α,β-unsaturated/α-hetero) is 2. The van der Waals surface area contributed by atoms with Crippen LogP contribution in [0.5, 0.6) is 0 Å². The van der Waals surface area contributed by atoms with Gasteiger partial charge in [0.25, 0.3) is 0 Å². The third-order valence-electron chi connectivity index (χ3n) is 10.6. The van der Waals surface area contributed by atoms with E-state index >= 15 is 0 Å². The Labute approximate surface area is 405 Å². The number of carbonyl (C=O) groups is 10. The summed E-state index contributed by atoms with van der Waals surface area (Å²) in [5, 5.41) is 46.6. The molecule has 8 N–H and O–H groups in total. The Bertz CT molecular complexity index is 1530. The van der Waals surface area contributed by atoms with E-state index in [9.17, 15) is 58.2 Å². The summed E-state index contributed by atoms with van der Waals surface area (Å²) in [6, 6.07) is -3.91. The van der Waals surface area contributed by atoms with E-state index in [1.54, 1.807) is 0 Å². The first-order chi connectivity index (χ1) is 33.0. The van der Waals surface area contributed by atoms with Gasteiger partial charge in [0.05, 0.1) is 33.0 Å². The summed E-state index contributed by atoms with van der Waals surface area (Å²) in [5.41, 5.74) is 0. The Hall–Kier alpha value is -5.06. The predicted octanol–water partition coefficient (Wildman–Crippen LogP) is 3.48. The van der Waals surface area contributed by atoms with E-state index < -0.39 is 65.6 Å². The zero-order valence-corrected chi connectivity index (χ0v) is 40.6. The third kappa shape index (κ3) is 41.6. The highest BCUT2D eigenvalue weighted by Crippen LogP contribution is 2.14. The first-order valence-electron chi connectivity index (χ1n) is 24.4. The van der Waals surface area contributed by atoms with Crippen LogP contribution in [0.25, 0.3) is 0 Å². The SMILES string of the molecule is CC(=O)CC[C@H](NC(=O)COCCOCCCC(=O)COCCOCCNC(=O)CC[C@H](NC(=O)CC[C@H](NC(=O)CCCCCCCCCCCCCCCCC(=O)O)C(=O)O)C(=O)O)C(=O)O. The lowest BCUT2D eigenvalue weighted by molar-refractivity contribution is -0.143. The second-order valence-electron chi connectivity index (χ2n) is 16.9. The molecule has 0 radical (unpaired) electrons. The van der Waals surface area contributed by atoms with E-state index in [-0.39, 0.29) is 129 Å². The van der Waals surface area contributed by atoms with Gasteiger partial charge in [-0.1, -0.05) is 77.0 Å². The van der Waals surface area contributed by atoms with Crippen molar-refractivity contribution in [1.82, 2.24) is 21.3 Å². The molecule has 22 heteroatoms. The normalized spacial score (nSPS) is 12.3. The van der Waals surface area contributed by atoms with Crippen molar-refractivity contribution in [3.05, 3.63) is 0 Å². The monoisotopic (exact) mass is 989 g/mol. The molecule has 0 fully saturated rings. The van der Waals surface area contributed by atoms with Crippen LogP contribution in [-0.4, -0.2) is 157 Å². The van der Waals surface area contributed by atoms with Gasteiger partial charge in [0.1, 0.15) is 37.1 Å². The smallest absolute Gasteiger partial charge is 0.326 e.